The number of fused-ring (bicyclic) bond motifs is 1. The van der Waals surface area contributed by atoms with Gasteiger partial charge >= 0.3 is 0 Å². The molecule has 6 heteroatoms. The Balaban J connectivity index is 1.51. The predicted molar refractivity (Wildman–Crippen MR) is 92.4 cm³/mol. The van der Waals surface area contributed by atoms with Gasteiger partial charge in [0, 0.05) is 50.2 Å². The van der Waals surface area contributed by atoms with Crippen LogP contribution in [0.15, 0.2) is 42.2 Å². The Hall–Kier alpha value is -1.82. The molecule has 4 rings (SSSR count). The normalized spacial score (nSPS) is 14.7. The number of rotatable bonds is 3. The highest BCUT2D eigenvalue weighted by Gasteiger charge is 2.19. The standard InChI is InChI=1S/C17H15ClN4S/c18-14-6-12(7-19-9-14)10-22-4-3-15-13(11-22)8-20-17(21-15)16-2-1-5-23-16/h1-2,5-9H,3-4,10-11H2. The highest BCUT2D eigenvalue weighted by atomic mass is 35.5. The summed E-state index contributed by atoms with van der Waals surface area (Å²) in [5, 5.41) is 2.74. The van der Waals surface area contributed by atoms with E-state index in [2.05, 4.69) is 26.3 Å². The number of thiophene rings is 1. The molecule has 3 aromatic heterocycles. The maximum absolute atomic E-state index is 6.01. The number of aromatic nitrogens is 3. The van der Waals surface area contributed by atoms with Crippen LogP contribution in [0, 0.1) is 0 Å². The topological polar surface area (TPSA) is 41.9 Å². The molecule has 0 fully saturated rings. The quantitative estimate of drug-likeness (QED) is 0.725. The van der Waals surface area contributed by atoms with E-state index in [1.165, 1.54) is 11.3 Å². The van der Waals surface area contributed by atoms with Crippen LogP contribution < -0.4 is 0 Å². The van der Waals surface area contributed by atoms with E-state index in [-0.39, 0.29) is 0 Å². The first-order chi connectivity index (χ1) is 11.3. The second-order valence-electron chi connectivity index (χ2n) is 5.61. The van der Waals surface area contributed by atoms with Crippen LogP contribution in [-0.4, -0.2) is 26.4 Å². The zero-order valence-electron chi connectivity index (χ0n) is 12.4. The number of hydrogen-bond donors (Lipinski definition) is 0. The molecule has 0 atom stereocenters. The van der Waals surface area contributed by atoms with Crippen LogP contribution in [0.3, 0.4) is 0 Å². The average molecular weight is 343 g/mol. The van der Waals surface area contributed by atoms with Gasteiger partial charge < -0.3 is 0 Å². The Morgan fingerprint density at radius 1 is 1.26 bits per heavy atom. The summed E-state index contributed by atoms with van der Waals surface area (Å²) in [7, 11) is 0. The summed E-state index contributed by atoms with van der Waals surface area (Å²) >= 11 is 7.69. The Morgan fingerprint density at radius 3 is 3.04 bits per heavy atom. The van der Waals surface area contributed by atoms with E-state index < -0.39 is 0 Å². The van der Waals surface area contributed by atoms with Gasteiger partial charge in [-0.3, -0.25) is 9.88 Å². The number of hydrogen-bond acceptors (Lipinski definition) is 5. The third-order valence-electron chi connectivity index (χ3n) is 3.92. The summed E-state index contributed by atoms with van der Waals surface area (Å²) in [6, 6.07) is 6.07. The minimum absolute atomic E-state index is 0.684. The van der Waals surface area contributed by atoms with E-state index in [4.69, 9.17) is 16.6 Å². The molecule has 0 bridgehead atoms. The fourth-order valence-electron chi connectivity index (χ4n) is 2.83. The highest BCUT2D eigenvalue weighted by Crippen LogP contribution is 2.24. The van der Waals surface area contributed by atoms with Gasteiger partial charge in [0.2, 0.25) is 0 Å². The van der Waals surface area contributed by atoms with Gasteiger partial charge in [-0.1, -0.05) is 17.7 Å². The summed E-state index contributed by atoms with van der Waals surface area (Å²) in [6.45, 7) is 2.70. The monoisotopic (exact) mass is 342 g/mol. The lowest BCUT2D eigenvalue weighted by molar-refractivity contribution is 0.242. The fraction of sp³-hybridized carbons (Fsp3) is 0.235. The molecule has 116 valence electrons. The Kier molecular flexibility index (Phi) is 4.08. The van der Waals surface area contributed by atoms with Crippen molar-refractivity contribution in [3.05, 3.63) is 64.0 Å². The van der Waals surface area contributed by atoms with Crippen molar-refractivity contribution in [2.24, 2.45) is 0 Å². The van der Waals surface area contributed by atoms with Crippen LogP contribution in [0.25, 0.3) is 10.7 Å². The van der Waals surface area contributed by atoms with Gasteiger partial charge in [-0.2, -0.15) is 0 Å². The van der Waals surface area contributed by atoms with E-state index in [1.54, 1.807) is 17.5 Å². The first kappa shape index (κ1) is 14.8. The summed E-state index contributed by atoms with van der Waals surface area (Å²) in [4.78, 5) is 16.9. The largest absolute Gasteiger partial charge is 0.294 e. The molecule has 0 saturated carbocycles. The Morgan fingerprint density at radius 2 is 2.22 bits per heavy atom. The number of halogens is 1. The van der Waals surface area contributed by atoms with Gasteiger partial charge in [-0.25, -0.2) is 9.97 Å². The van der Waals surface area contributed by atoms with Crippen molar-refractivity contribution in [2.75, 3.05) is 6.54 Å². The van der Waals surface area contributed by atoms with Crippen LogP contribution in [-0.2, 0) is 19.5 Å². The maximum atomic E-state index is 6.01. The van der Waals surface area contributed by atoms with Gasteiger partial charge in [0.25, 0.3) is 0 Å². The molecular formula is C17H15ClN4S. The first-order valence-corrected chi connectivity index (χ1v) is 8.74. The van der Waals surface area contributed by atoms with E-state index in [9.17, 15) is 0 Å². The van der Waals surface area contributed by atoms with Crippen molar-refractivity contribution < 1.29 is 0 Å². The molecule has 0 saturated heterocycles. The van der Waals surface area contributed by atoms with Crippen molar-refractivity contribution in [2.45, 2.75) is 19.5 Å². The van der Waals surface area contributed by atoms with Crippen LogP contribution in [0.4, 0.5) is 0 Å². The summed E-state index contributed by atoms with van der Waals surface area (Å²) in [6.07, 6.45) is 6.46. The van der Waals surface area contributed by atoms with E-state index >= 15 is 0 Å². The predicted octanol–water partition coefficient (Wildman–Crippen LogP) is 3.81. The minimum atomic E-state index is 0.684. The summed E-state index contributed by atoms with van der Waals surface area (Å²) in [5.41, 5.74) is 3.52. The molecule has 1 aliphatic heterocycles. The molecular weight excluding hydrogens is 328 g/mol. The van der Waals surface area contributed by atoms with Gasteiger partial charge in [0.15, 0.2) is 5.82 Å². The van der Waals surface area contributed by atoms with Crippen LogP contribution in [0.2, 0.25) is 5.02 Å². The number of pyridine rings is 1. The fourth-order valence-corrected chi connectivity index (χ4v) is 3.70. The molecule has 3 aromatic rings. The highest BCUT2D eigenvalue weighted by molar-refractivity contribution is 7.13. The van der Waals surface area contributed by atoms with Gasteiger partial charge in [0.05, 0.1) is 15.6 Å². The Labute approximate surface area is 143 Å². The second kappa shape index (κ2) is 6.35. The molecule has 0 spiro atoms. The van der Waals surface area contributed by atoms with Crippen molar-refractivity contribution in [3.63, 3.8) is 0 Å². The molecule has 0 unspecified atom stereocenters. The lowest BCUT2D eigenvalue weighted by atomic mass is 10.1. The zero-order chi connectivity index (χ0) is 15.6. The number of nitrogens with zero attached hydrogens (tertiary/aromatic N) is 4. The SMILES string of the molecule is Clc1cncc(CN2CCc3nc(-c4cccs4)ncc3C2)c1. The van der Waals surface area contributed by atoms with Crippen molar-refractivity contribution in [1.82, 2.24) is 19.9 Å². The first-order valence-electron chi connectivity index (χ1n) is 7.48. The average Bonchev–Trinajstić information content (AvgIpc) is 3.09. The molecule has 0 aromatic carbocycles. The smallest absolute Gasteiger partial charge is 0.169 e. The van der Waals surface area contributed by atoms with Crippen molar-refractivity contribution in [3.8, 4) is 10.7 Å². The van der Waals surface area contributed by atoms with Crippen molar-refractivity contribution >= 4 is 22.9 Å². The lowest BCUT2D eigenvalue weighted by Crippen LogP contribution is -2.31. The third kappa shape index (κ3) is 3.27. The molecule has 4 heterocycles. The zero-order valence-corrected chi connectivity index (χ0v) is 14.0. The molecule has 0 amide bonds. The van der Waals surface area contributed by atoms with Crippen molar-refractivity contribution in [1.29, 1.82) is 0 Å². The molecule has 0 aliphatic carbocycles. The van der Waals surface area contributed by atoms with Crippen LogP contribution >= 0.6 is 22.9 Å². The van der Waals surface area contributed by atoms with Gasteiger partial charge in [-0.05, 0) is 23.1 Å². The van der Waals surface area contributed by atoms with Gasteiger partial charge in [-0.15, -0.1) is 11.3 Å². The van der Waals surface area contributed by atoms with Crippen LogP contribution in [0.5, 0.6) is 0 Å². The molecule has 4 nitrogen and oxygen atoms in total. The van der Waals surface area contributed by atoms with E-state index in [0.29, 0.717) is 5.02 Å². The second-order valence-corrected chi connectivity index (χ2v) is 7.00. The molecule has 23 heavy (non-hydrogen) atoms. The van der Waals surface area contributed by atoms with E-state index in [0.717, 1.165) is 42.3 Å². The lowest BCUT2D eigenvalue weighted by Gasteiger charge is -2.27. The van der Waals surface area contributed by atoms with E-state index in [1.807, 2.05) is 24.5 Å². The van der Waals surface area contributed by atoms with Gasteiger partial charge in [0.1, 0.15) is 0 Å². The molecule has 1 aliphatic rings. The third-order valence-corrected chi connectivity index (χ3v) is 4.99. The molecule has 0 radical (unpaired) electrons. The summed E-state index contributed by atoms with van der Waals surface area (Å²) in [5.74, 6) is 0.839. The molecule has 0 N–H and O–H groups in total. The Bertz CT molecular complexity index is 819. The summed E-state index contributed by atoms with van der Waals surface area (Å²) < 4.78 is 0. The van der Waals surface area contributed by atoms with Crippen LogP contribution in [0.1, 0.15) is 16.8 Å². The maximum Gasteiger partial charge on any atom is 0.169 e. The minimum Gasteiger partial charge on any atom is -0.294 e.